The fourth-order valence-corrected chi connectivity index (χ4v) is 0.702. The highest BCUT2D eigenvalue weighted by atomic mass is 14.7. The molecule has 0 atom stereocenters. The SMILES string of the molecule is C#Cc1cccnc1C=C. The quantitative estimate of drug-likeness (QED) is 0.526. The number of pyridine rings is 1. The lowest BCUT2D eigenvalue weighted by Gasteiger charge is -1.93. The van der Waals surface area contributed by atoms with Crippen LogP contribution in [0, 0.1) is 12.3 Å². The van der Waals surface area contributed by atoms with E-state index in [9.17, 15) is 0 Å². The monoisotopic (exact) mass is 129 g/mol. The van der Waals surface area contributed by atoms with E-state index in [0.29, 0.717) is 0 Å². The Kier molecular flexibility index (Phi) is 1.86. The first kappa shape index (κ1) is 6.57. The van der Waals surface area contributed by atoms with Crippen molar-refractivity contribution in [2.75, 3.05) is 0 Å². The van der Waals surface area contributed by atoms with E-state index in [1.54, 1.807) is 12.3 Å². The predicted octanol–water partition coefficient (Wildman–Crippen LogP) is 1.71. The molecular formula is C9H7N. The summed E-state index contributed by atoms with van der Waals surface area (Å²) in [6, 6.07) is 3.65. The predicted molar refractivity (Wildman–Crippen MR) is 42.3 cm³/mol. The number of aromatic nitrogens is 1. The topological polar surface area (TPSA) is 12.9 Å². The molecule has 48 valence electrons. The molecule has 0 amide bonds. The highest BCUT2D eigenvalue weighted by Gasteiger charge is 1.91. The lowest BCUT2D eigenvalue weighted by molar-refractivity contribution is 1.28. The molecule has 0 aliphatic rings. The Bertz CT molecular complexity index is 281. The van der Waals surface area contributed by atoms with Crippen LogP contribution in [0.5, 0.6) is 0 Å². The molecule has 0 radical (unpaired) electrons. The standard InChI is InChI=1S/C9H7N/c1-3-8-6-5-7-10-9(8)4-2/h1,4-7H,2H2. The second kappa shape index (κ2) is 2.84. The molecule has 0 fully saturated rings. The number of rotatable bonds is 1. The molecule has 0 unspecified atom stereocenters. The van der Waals surface area contributed by atoms with Gasteiger partial charge in [-0.25, -0.2) is 0 Å². The van der Waals surface area contributed by atoms with E-state index in [2.05, 4.69) is 17.5 Å². The molecule has 0 N–H and O–H groups in total. The zero-order valence-corrected chi connectivity index (χ0v) is 5.54. The third kappa shape index (κ3) is 1.06. The number of hydrogen-bond acceptors (Lipinski definition) is 1. The third-order valence-corrected chi connectivity index (χ3v) is 1.19. The Morgan fingerprint density at radius 3 is 3.00 bits per heavy atom. The lowest BCUT2D eigenvalue weighted by atomic mass is 10.2. The second-order valence-corrected chi connectivity index (χ2v) is 1.78. The van der Waals surface area contributed by atoms with Crippen molar-refractivity contribution in [2.24, 2.45) is 0 Å². The highest BCUT2D eigenvalue weighted by molar-refractivity contribution is 5.52. The first-order valence-electron chi connectivity index (χ1n) is 2.92. The summed E-state index contributed by atoms with van der Waals surface area (Å²) in [5.41, 5.74) is 1.56. The van der Waals surface area contributed by atoms with E-state index in [0.717, 1.165) is 11.3 Å². The number of hydrogen-bond donors (Lipinski definition) is 0. The van der Waals surface area contributed by atoms with Crippen LogP contribution in [0.3, 0.4) is 0 Å². The minimum Gasteiger partial charge on any atom is -0.256 e. The zero-order chi connectivity index (χ0) is 7.40. The summed E-state index contributed by atoms with van der Waals surface area (Å²) in [7, 11) is 0. The van der Waals surface area contributed by atoms with Crippen LogP contribution >= 0.6 is 0 Å². The Labute approximate surface area is 60.4 Å². The van der Waals surface area contributed by atoms with Gasteiger partial charge < -0.3 is 0 Å². The van der Waals surface area contributed by atoms with Gasteiger partial charge in [-0.15, -0.1) is 6.42 Å². The summed E-state index contributed by atoms with van der Waals surface area (Å²) in [6.07, 6.45) is 8.53. The van der Waals surface area contributed by atoms with Crippen molar-refractivity contribution in [3.63, 3.8) is 0 Å². The molecule has 0 aromatic carbocycles. The van der Waals surface area contributed by atoms with Gasteiger partial charge in [0.15, 0.2) is 0 Å². The van der Waals surface area contributed by atoms with E-state index in [1.807, 2.05) is 12.1 Å². The van der Waals surface area contributed by atoms with Crippen molar-refractivity contribution < 1.29 is 0 Å². The Morgan fingerprint density at radius 1 is 1.70 bits per heavy atom. The van der Waals surface area contributed by atoms with Gasteiger partial charge in [-0.05, 0) is 18.2 Å². The van der Waals surface area contributed by atoms with Gasteiger partial charge in [-0.3, -0.25) is 4.98 Å². The maximum absolute atomic E-state index is 5.19. The maximum Gasteiger partial charge on any atom is 0.0780 e. The molecule has 0 spiro atoms. The summed E-state index contributed by atoms with van der Waals surface area (Å²) in [5, 5.41) is 0. The van der Waals surface area contributed by atoms with Crippen LogP contribution in [-0.4, -0.2) is 4.98 Å². The van der Waals surface area contributed by atoms with Gasteiger partial charge in [0.2, 0.25) is 0 Å². The molecule has 1 aromatic heterocycles. The van der Waals surface area contributed by atoms with Gasteiger partial charge in [-0.2, -0.15) is 0 Å². The van der Waals surface area contributed by atoms with Crippen LogP contribution in [0.2, 0.25) is 0 Å². The molecule has 1 rings (SSSR count). The van der Waals surface area contributed by atoms with Crippen molar-refractivity contribution in [2.45, 2.75) is 0 Å². The molecule has 1 heteroatoms. The lowest BCUT2D eigenvalue weighted by Crippen LogP contribution is -1.83. The highest BCUT2D eigenvalue weighted by Crippen LogP contribution is 2.03. The first-order chi connectivity index (χ1) is 4.88. The van der Waals surface area contributed by atoms with Crippen molar-refractivity contribution in [3.05, 3.63) is 36.2 Å². The third-order valence-electron chi connectivity index (χ3n) is 1.19. The average Bonchev–Trinajstić information content (AvgIpc) is 2.04. The number of terminal acetylenes is 1. The molecular weight excluding hydrogens is 122 g/mol. The summed E-state index contributed by atoms with van der Waals surface area (Å²) in [6.45, 7) is 3.58. The van der Waals surface area contributed by atoms with Gasteiger partial charge >= 0.3 is 0 Å². The van der Waals surface area contributed by atoms with Crippen LogP contribution in [-0.2, 0) is 0 Å². The van der Waals surface area contributed by atoms with Crippen molar-refractivity contribution in [3.8, 4) is 12.3 Å². The molecule has 0 saturated heterocycles. The summed E-state index contributed by atoms with van der Waals surface area (Å²) in [4.78, 5) is 4.01. The fraction of sp³-hybridized carbons (Fsp3) is 0. The van der Waals surface area contributed by atoms with Crippen molar-refractivity contribution in [1.29, 1.82) is 0 Å². The van der Waals surface area contributed by atoms with Crippen molar-refractivity contribution >= 4 is 6.08 Å². The average molecular weight is 129 g/mol. The molecule has 0 bridgehead atoms. The van der Waals surface area contributed by atoms with E-state index < -0.39 is 0 Å². The normalized spacial score (nSPS) is 8.30. The molecule has 0 aliphatic heterocycles. The van der Waals surface area contributed by atoms with Gasteiger partial charge in [0.25, 0.3) is 0 Å². The molecule has 1 heterocycles. The number of nitrogens with zero attached hydrogens (tertiary/aromatic N) is 1. The molecule has 1 aromatic rings. The van der Waals surface area contributed by atoms with Crippen LogP contribution in [0.25, 0.3) is 6.08 Å². The summed E-state index contributed by atoms with van der Waals surface area (Å²) in [5.74, 6) is 2.51. The Balaban J connectivity index is 3.24. The second-order valence-electron chi connectivity index (χ2n) is 1.78. The van der Waals surface area contributed by atoms with E-state index in [-0.39, 0.29) is 0 Å². The van der Waals surface area contributed by atoms with Crippen LogP contribution in [0.4, 0.5) is 0 Å². The maximum atomic E-state index is 5.19. The van der Waals surface area contributed by atoms with Crippen LogP contribution in [0.1, 0.15) is 11.3 Å². The van der Waals surface area contributed by atoms with E-state index in [1.165, 1.54) is 0 Å². The molecule has 0 saturated carbocycles. The molecule has 0 aliphatic carbocycles. The van der Waals surface area contributed by atoms with Gasteiger partial charge in [0.1, 0.15) is 0 Å². The minimum absolute atomic E-state index is 0.769. The van der Waals surface area contributed by atoms with E-state index >= 15 is 0 Å². The van der Waals surface area contributed by atoms with Crippen LogP contribution < -0.4 is 0 Å². The fourth-order valence-electron chi connectivity index (χ4n) is 0.702. The van der Waals surface area contributed by atoms with Crippen LogP contribution in [0.15, 0.2) is 24.9 Å². The summed E-state index contributed by atoms with van der Waals surface area (Å²) >= 11 is 0. The molecule has 10 heavy (non-hydrogen) atoms. The van der Waals surface area contributed by atoms with Crippen molar-refractivity contribution in [1.82, 2.24) is 4.98 Å². The largest absolute Gasteiger partial charge is 0.256 e. The smallest absolute Gasteiger partial charge is 0.0780 e. The molecule has 1 nitrogen and oxygen atoms in total. The van der Waals surface area contributed by atoms with Gasteiger partial charge in [0.05, 0.1) is 5.69 Å². The minimum atomic E-state index is 0.769. The van der Waals surface area contributed by atoms with E-state index in [4.69, 9.17) is 6.42 Å². The Hall–Kier alpha value is -1.55. The Morgan fingerprint density at radius 2 is 2.50 bits per heavy atom. The zero-order valence-electron chi connectivity index (χ0n) is 5.54. The van der Waals surface area contributed by atoms with Gasteiger partial charge in [-0.1, -0.05) is 12.5 Å². The first-order valence-corrected chi connectivity index (χ1v) is 2.92. The summed E-state index contributed by atoms with van der Waals surface area (Å²) < 4.78 is 0. The van der Waals surface area contributed by atoms with Gasteiger partial charge in [0, 0.05) is 11.8 Å².